The average Bonchev–Trinajstić information content (AvgIpc) is 2.44. The molecule has 0 aliphatic heterocycles. The Kier molecular flexibility index (Phi) is 13.5. The van der Waals surface area contributed by atoms with Gasteiger partial charge in [0.25, 0.3) is 0 Å². The van der Waals surface area contributed by atoms with Crippen molar-refractivity contribution < 1.29 is 19.2 Å². The van der Waals surface area contributed by atoms with E-state index in [0.29, 0.717) is 18.5 Å². The molecule has 146 valence electrons. The van der Waals surface area contributed by atoms with Crippen LogP contribution < -0.4 is 21.7 Å². The molecule has 0 aromatic heterocycles. The summed E-state index contributed by atoms with van der Waals surface area (Å²) in [6.45, 7) is 13.4. The highest BCUT2D eigenvalue weighted by molar-refractivity contribution is 5.95. The van der Waals surface area contributed by atoms with Gasteiger partial charge in [-0.15, -0.1) is 0 Å². The maximum absolute atomic E-state index is 11.8. The van der Waals surface area contributed by atoms with Gasteiger partial charge in [0.2, 0.25) is 18.2 Å². The molecule has 0 fully saturated rings. The van der Waals surface area contributed by atoms with Crippen LogP contribution in [0, 0.1) is 5.92 Å². The maximum atomic E-state index is 11.8. The predicted molar refractivity (Wildman–Crippen MR) is 97.7 cm³/mol. The molecule has 3 amide bonds. The van der Waals surface area contributed by atoms with E-state index in [4.69, 9.17) is 5.73 Å². The SMILES string of the molecule is CC(C)C(=O)C(CC(N)=O)NC(=O)C(C)NC=O.CC(C)NC(C)C. The average molecular weight is 358 g/mol. The molecule has 0 radical (unpaired) electrons. The van der Waals surface area contributed by atoms with Gasteiger partial charge in [-0.3, -0.25) is 19.2 Å². The van der Waals surface area contributed by atoms with E-state index in [1.807, 2.05) is 0 Å². The van der Waals surface area contributed by atoms with Crippen molar-refractivity contribution in [3.05, 3.63) is 0 Å². The molecule has 0 spiro atoms. The second-order valence-corrected chi connectivity index (χ2v) is 6.77. The van der Waals surface area contributed by atoms with Gasteiger partial charge in [0, 0.05) is 18.0 Å². The molecule has 25 heavy (non-hydrogen) atoms. The zero-order valence-electron chi connectivity index (χ0n) is 16.4. The van der Waals surface area contributed by atoms with E-state index in [2.05, 4.69) is 43.6 Å². The fourth-order valence-electron chi connectivity index (χ4n) is 1.97. The third kappa shape index (κ3) is 14.1. The summed E-state index contributed by atoms with van der Waals surface area (Å²) in [6.07, 6.45) is 0.133. The minimum absolute atomic E-state index is 0.253. The van der Waals surface area contributed by atoms with Crippen molar-refractivity contribution in [1.82, 2.24) is 16.0 Å². The van der Waals surface area contributed by atoms with Crippen LogP contribution in [0.15, 0.2) is 0 Å². The first kappa shape index (κ1) is 25.3. The van der Waals surface area contributed by atoms with Gasteiger partial charge in [-0.1, -0.05) is 41.5 Å². The Balaban J connectivity index is 0. The zero-order chi connectivity index (χ0) is 20.2. The van der Waals surface area contributed by atoms with Gasteiger partial charge < -0.3 is 21.7 Å². The van der Waals surface area contributed by atoms with E-state index in [9.17, 15) is 19.2 Å². The van der Waals surface area contributed by atoms with Gasteiger partial charge in [-0.05, 0) is 6.92 Å². The van der Waals surface area contributed by atoms with E-state index in [1.54, 1.807) is 13.8 Å². The molecule has 0 rings (SSSR count). The molecule has 8 nitrogen and oxygen atoms in total. The Hall–Kier alpha value is -1.96. The molecule has 2 unspecified atom stereocenters. The lowest BCUT2D eigenvalue weighted by Gasteiger charge is -2.20. The van der Waals surface area contributed by atoms with Crippen molar-refractivity contribution in [2.45, 2.75) is 79.1 Å². The monoisotopic (exact) mass is 358 g/mol. The maximum Gasteiger partial charge on any atom is 0.242 e. The highest BCUT2D eigenvalue weighted by atomic mass is 16.2. The van der Waals surface area contributed by atoms with Crippen LogP contribution in [0.5, 0.6) is 0 Å². The smallest absolute Gasteiger partial charge is 0.242 e. The molecule has 5 N–H and O–H groups in total. The number of carbonyl (C=O) groups is 4. The lowest BCUT2D eigenvalue weighted by Crippen LogP contribution is -2.50. The second-order valence-electron chi connectivity index (χ2n) is 6.77. The summed E-state index contributed by atoms with van der Waals surface area (Å²) in [5.74, 6) is -1.82. The van der Waals surface area contributed by atoms with Crippen LogP contribution in [0.3, 0.4) is 0 Å². The molecule has 0 aliphatic carbocycles. The summed E-state index contributed by atoms with van der Waals surface area (Å²) in [5.41, 5.74) is 5.03. The number of carbonyl (C=O) groups excluding carboxylic acids is 4. The molecule has 2 atom stereocenters. The Morgan fingerprint density at radius 1 is 0.960 bits per heavy atom. The number of primary amides is 1. The van der Waals surface area contributed by atoms with E-state index in [1.165, 1.54) is 6.92 Å². The summed E-state index contributed by atoms with van der Waals surface area (Å²) >= 11 is 0. The standard InChI is InChI=1S/C11H19N3O4.C6H15N/c1-6(2)10(17)8(4-9(12)16)14-11(18)7(3)13-5-15;1-5(2)7-6(3)4/h5-8H,4H2,1-3H3,(H2,12,16)(H,13,15)(H,14,18);5-7H,1-4H3. The topological polar surface area (TPSA) is 130 Å². The number of amides is 3. The van der Waals surface area contributed by atoms with Crippen LogP contribution in [0.1, 0.15) is 54.9 Å². The molecule has 0 bridgehead atoms. The number of rotatable bonds is 10. The van der Waals surface area contributed by atoms with Crippen LogP contribution in [-0.4, -0.2) is 48.2 Å². The number of nitrogens with two attached hydrogens (primary N) is 1. The second kappa shape index (κ2) is 13.3. The third-order valence-corrected chi connectivity index (χ3v) is 3.01. The lowest BCUT2D eigenvalue weighted by molar-refractivity contribution is -0.132. The molecule has 0 aromatic carbocycles. The van der Waals surface area contributed by atoms with Gasteiger partial charge in [0.1, 0.15) is 6.04 Å². The summed E-state index contributed by atoms with van der Waals surface area (Å²) in [6, 6.07) is -0.483. The highest BCUT2D eigenvalue weighted by Crippen LogP contribution is 2.04. The zero-order valence-corrected chi connectivity index (χ0v) is 16.4. The number of nitrogens with one attached hydrogen (secondary N) is 3. The molecular formula is C17H34N4O4. The van der Waals surface area contributed by atoms with Crippen LogP contribution in [0.25, 0.3) is 0 Å². The van der Waals surface area contributed by atoms with Crippen LogP contribution in [-0.2, 0) is 19.2 Å². The van der Waals surface area contributed by atoms with Crippen molar-refractivity contribution in [2.24, 2.45) is 11.7 Å². The number of hydrogen-bond acceptors (Lipinski definition) is 5. The van der Waals surface area contributed by atoms with Gasteiger partial charge in [0.15, 0.2) is 5.78 Å². The minimum Gasteiger partial charge on any atom is -0.370 e. The van der Waals surface area contributed by atoms with E-state index < -0.39 is 23.9 Å². The number of Topliss-reactive ketones (excluding diaryl/α,β-unsaturated/α-hetero) is 1. The van der Waals surface area contributed by atoms with Crippen LogP contribution in [0.2, 0.25) is 0 Å². The number of hydrogen-bond donors (Lipinski definition) is 4. The molecular weight excluding hydrogens is 324 g/mol. The predicted octanol–water partition coefficient (Wildman–Crippen LogP) is 0.0990. The van der Waals surface area contributed by atoms with Crippen LogP contribution in [0.4, 0.5) is 0 Å². The molecule has 8 heteroatoms. The first-order valence-electron chi connectivity index (χ1n) is 8.50. The quantitative estimate of drug-likeness (QED) is 0.411. The number of ketones is 1. The summed E-state index contributed by atoms with van der Waals surface area (Å²) in [5, 5.41) is 7.96. The van der Waals surface area contributed by atoms with Gasteiger partial charge in [-0.2, -0.15) is 0 Å². The van der Waals surface area contributed by atoms with Gasteiger partial charge >= 0.3 is 0 Å². The molecule has 0 heterocycles. The summed E-state index contributed by atoms with van der Waals surface area (Å²) in [4.78, 5) is 44.5. The largest absolute Gasteiger partial charge is 0.370 e. The van der Waals surface area contributed by atoms with Crippen molar-refractivity contribution >= 4 is 24.0 Å². The third-order valence-electron chi connectivity index (χ3n) is 3.01. The molecule has 0 aliphatic rings. The Morgan fingerprint density at radius 3 is 1.72 bits per heavy atom. The van der Waals surface area contributed by atoms with E-state index in [0.717, 1.165) is 0 Å². The normalized spacial score (nSPS) is 12.9. The van der Waals surface area contributed by atoms with E-state index >= 15 is 0 Å². The minimum atomic E-state index is -0.953. The molecule has 0 saturated heterocycles. The molecule has 0 aromatic rings. The van der Waals surface area contributed by atoms with Crippen molar-refractivity contribution in [3.63, 3.8) is 0 Å². The van der Waals surface area contributed by atoms with E-state index in [-0.39, 0.29) is 18.1 Å². The first-order chi connectivity index (χ1) is 11.4. The fourth-order valence-corrected chi connectivity index (χ4v) is 1.97. The van der Waals surface area contributed by atoms with Crippen molar-refractivity contribution in [1.29, 1.82) is 0 Å². The van der Waals surface area contributed by atoms with Crippen molar-refractivity contribution in [3.8, 4) is 0 Å². The first-order valence-corrected chi connectivity index (χ1v) is 8.50. The van der Waals surface area contributed by atoms with Crippen molar-refractivity contribution in [2.75, 3.05) is 0 Å². The van der Waals surface area contributed by atoms with Crippen LogP contribution >= 0.6 is 0 Å². The van der Waals surface area contributed by atoms with Gasteiger partial charge in [0.05, 0.1) is 12.5 Å². The Labute approximate surface area is 150 Å². The Bertz CT molecular complexity index is 430. The molecule has 0 saturated carbocycles. The highest BCUT2D eigenvalue weighted by Gasteiger charge is 2.26. The Morgan fingerprint density at radius 2 is 1.44 bits per heavy atom. The fraction of sp³-hybridized carbons (Fsp3) is 0.765. The lowest BCUT2D eigenvalue weighted by atomic mass is 9.98. The summed E-state index contributed by atoms with van der Waals surface area (Å²) < 4.78 is 0. The summed E-state index contributed by atoms with van der Waals surface area (Å²) in [7, 11) is 0. The van der Waals surface area contributed by atoms with Gasteiger partial charge in [-0.25, -0.2) is 0 Å².